The van der Waals surface area contributed by atoms with Gasteiger partial charge in [-0.25, -0.2) is 0 Å². The summed E-state index contributed by atoms with van der Waals surface area (Å²) in [5, 5.41) is 0. The van der Waals surface area contributed by atoms with Crippen molar-refractivity contribution in [2.24, 2.45) is 5.41 Å². The summed E-state index contributed by atoms with van der Waals surface area (Å²) >= 11 is 0. The molecule has 2 nitrogen and oxygen atoms in total. The lowest BCUT2D eigenvalue weighted by Crippen LogP contribution is -2.20. The van der Waals surface area contributed by atoms with E-state index < -0.39 is 0 Å². The number of hydrogen-bond donors (Lipinski definition) is 0. The van der Waals surface area contributed by atoms with Crippen molar-refractivity contribution in [1.29, 1.82) is 0 Å². The lowest BCUT2D eigenvalue weighted by molar-refractivity contribution is -0.117. The molecule has 0 N–H and O–H groups in total. The van der Waals surface area contributed by atoms with Crippen molar-refractivity contribution >= 4 is 12.6 Å². The Kier molecular flexibility index (Phi) is 5.60. The van der Waals surface area contributed by atoms with Crippen molar-refractivity contribution in [3.8, 4) is 0 Å². The maximum atomic E-state index is 10.8. The molecule has 0 amide bonds. The summed E-state index contributed by atoms with van der Waals surface area (Å²) in [7, 11) is 0. The summed E-state index contributed by atoms with van der Waals surface area (Å²) in [6, 6.07) is 0. The van der Waals surface area contributed by atoms with E-state index in [9.17, 15) is 9.59 Å². The number of hydrogen-bond acceptors (Lipinski definition) is 2. The van der Waals surface area contributed by atoms with Crippen LogP contribution in [0.4, 0.5) is 0 Å². The predicted octanol–water partition coefficient (Wildman–Crippen LogP) is 2.36. The first-order valence-corrected chi connectivity index (χ1v) is 4.64. The summed E-state index contributed by atoms with van der Waals surface area (Å²) in [6.45, 7) is 4.05. The summed E-state index contributed by atoms with van der Waals surface area (Å²) in [5.41, 5.74) is -0.164. The van der Waals surface area contributed by atoms with E-state index in [1.165, 1.54) is 0 Å². The zero-order chi connectivity index (χ0) is 9.45. The molecule has 0 spiro atoms. The summed E-state index contributed by atoms with van der Waals surface area (Å²) in [5.74, 6) is 0. The van der Waals surface area contributed by atoms with Crippen molar-refractivity contribution in [3.63, 3.8) is 0 Å². The minimum atomic E-state index is -0.164. The van der Waals surface area contributed by atoms with Gasteiger partial charge in [-0.05, 0) is 25.7 Å². The van der Waals surface area contributed by atoms with Crippen LogP contribution in [-0.4, -0.2) is 12.6 Å². The Labute approximate surface area is 74.3 Å². The van der Waals surface area contributed by atoms with Crippen LogP contribution in [0.1, 0.15) is 46.0 Å². The van der Waals surface area contributed by atoms with E-state index in [-0.39, 0.29) is 5.41 Å². The smallest absolute Gasteiger partial charge is 0.126 e. The van der Waals surface area contributed by atoms with Gasteiger partial charge in [0.25, 0.3) is 0 Å². The molecule has 0 aliphatic heterocycles. The SMILES string of the molecule is CCC(C=O)(CC)CCCC=O. The van der Waals surface area contributed by atoms with Gasteiger partial charge >= 0.3 is 0 Å². The second-order valence-corrected chi connectivity index (χ2v) is 3.25. The van der Waals surface area contributed by atoms with Crippen LogP contribution >= 0.6 is 0 Å². The number of carbonyl (C=O) groups is 2. The van der Waals surface area contributed by atoms with Gasteiger partial charge in [-0.3, -0.25) is 0 Å². The van der Waals surface area contributed by atoms with Crippen molar-refractivity contribution < 1.29 is 9.59 Å². The third-order valence-electron chi connectivity index (χ3n) is 2.65. The van der Waals surface area contributed by atoms with Crippen LogP contribution in [0, 0.1) is 5.41 Å². The molecule has 0 aromatic heterocycles. The van der Waals surface area contributed by atoms with E-state index in [0.717, 1.165) is 38.3 Å². The third-order valence-corrected chi connectivity index (χ3v) is 2.65. The maximum Gasteiger partial charge on any atom is 0.126 e. The fourth-order valence-corrected chi connectivity index (χ4v) is 1.37. The largest absolute Gasteiger partial charge is 0.303 e. The second kappa shape index (κ2) is 5.92. The number of rotatable bonds is 7. The molecule has 0 saturated heterocycles. The quantitative estimate of drug-likeness (QED) is 0.434. The van der Waals surface area contributed by atoms with Crippen molar-refractivity contribution in [3.05, 3.63) is 0 Å². The molecule has 0 radical (unpaired) electrons. The molecule has 0 aliphatic carbocycles. The molecule has 0 atom stereocenters. The molecule has 0 aliphatic rings. The van der Waals surface area contributed by atoms with Gasteiger partial charge < -0.3 is 9.59 Å². The molecule has 0 aromatic carbocycles. The van der Waals surface area contributed by atoms with Crippen LogP contribution in [-0.2, 0) is 9.59 Å². The van der Waals surface area contributed by atoms with Crippen LogP contribution in [0.5, 0.6) is 0 Å². The average molecular weight is 170 g/mol. The molecule has 0 saturated carbocycles. The fourth-order valence-electron chi connectivity index (χ4n) is 1.37. The Balaban J connectivity index is 3.92. The highest BCUT2D eigenvalue weighted by atomic mass is 16.1. The Hall–Kier alpha value is -0.660. The van der Waals surface area contributed by atoms with E-state index in [1.807, 2.05) is 13.8 Å². The Morgan fingerprint density at radius 3 is 2.08 bits per heavy atom. The minimum absolute atomic E-state index is 0.164. The van der Waals surface area contributed by atoms with Gasteiger partial charge in [0, 0.05) is 11.8 Å². The van der Waals surface area contributed by atoms with Gasteiger partial charge in [0.1, 0.15) is 12.6 Å². The number of unbranched alkanes of at least 4 members (excludes halogenated alkanes) is 1. The molecule has 70 valence electrons. The molecular weight excluding hydrogens is 152 g/mol. The van der Waals surface area contributed by atoms with Gasteiger partial charge in [-0.2, -0.15) is 0 Å². The third kappa shape index (κ3) is 3.16. The number of carbonyl (C=O) groups excluding carboxylic acids is 2. The van der Waals surface area contributed by atoms with Gasteiger partial charge in [0.05, 0.1) is 0 Å². The molecule has 0 rings (SSSR count). The highest BCUT2D eigenvalue weighted by Crippen LogP contribution is 2.29. The lowest BCUT2D eigenvalue weighted by atomic mass is 9.79. The molecule has 0 heterocycles. The normalized spacial score (nSPS) is 11.2. The topological polar surface area (TPSA) is 34.1 Å². The Morgan fingerprint density at radius 2 is 1.75 bits per heavy atom. The van der Waals surface area contributed by atoms with Gasteiger partial charge in [-0.1, -0.05) is 13.8 Å². The summed E-state index contributed by atoms with van der Waals surface area (Å²) < 4.78 is 0. The van der Waals surface area contributed by atoms with E-state index >= 15 is 0 Å². The molecule has 0 bridgehead atoms. The van der Waals surface area contributed by atoms with Crippen molar-refractivity contribution in [1.82, 2.24) is 0 Å². The molecule has 0 aromatic rings. The fraction of sp³-hybridized carbons (Fsp3) is 0.800. The van der Waals surface area contributed by atoms with Crippen LogP contribution in [0.2, 0.25) is 0 Å². The second-order valence-electron chi connectivity index (χ2n) is 3.25. The maximum absolute atomic E-state index is 10.8. The van der Waals surface area contributed by atoms with Crippen LogP contribution in [0.3, 0.4) is 0 Å². The monoisotopic (exact) mass is 170 g/mol. The average Bonchev–Trinajstić information content (AvgIpc) is 2.14. The van der Waals surface area contributed by atoms with Crippen LogP contribution in [0.15, 0.2) is 0 Å². The summed E-state index contributed by atoms with van der Waals surface area (Å²) in [4.78, 5) is 20.9. The molecule has 2 heteroatoms. The number of aldehydes is 2. The van der Waals surface area contributed by atoms with Crippen LogP contribution < -0.4 is 0 Å². The highest BCUT2D eigenvalue weighted by Gasteiger charge is 2.24. The predicted molar refractivity (Wildman–Crippen MR) is 49.0 cm³/mol. The van der Waals surface area contributed by atoms with Crippen molar-refractivity contribution in [2.45, 2.75) is 46.0 Å². The first-order valence-electron chi connectivity index (χ1n) is 4.64. The summed E-state index contributed by atoms with van der Waals surface area (Å²) in [6.07, 6.45) is 6.00. The zero-order valence-electron chi connectivity index (χ0n) is 8.01. The van der Waals surface area contributed by atoms with Gasteiger partial charge in [-0.15, -0.1) is 0 Å². The Bertz CT molecular complexity index is 137. The first-order chi connectivity index (χ1) is 5.74. The first kappa shape index (κ1) is 11.3. The minimum Gasteiger partial charge on any atom is -0.303 e. The van der Waals surface area contributed by atoms with Crippen LogP contribution in [0.25, 0.3) is 0 Å². The molecule has 0 fully saturated rings. The standard InChI is InChI=1S/C10H18O2/c1-3-10(4-2,9-12)7-5-6-8-11/h8-9H,3-7H2,1-2H3. The van der Waals surface area contributed by atoms with E-state index in [1.54, 1.807) is 0 Å². The van der Waals surface area contributed by atoms with E-state index in [0.29, 0.717) is 6.42 Å². The van der Waals surface area contributed by atoms with Gasteiger partial charge in [0.2, 0.25) is 0 Å². The highest BCUT2D eigenvalue weighted by molar-refractivity contribution is 5.59. The Morgan fingerprint density at radius 1 is 1.17 bits per heavy atom. The molecular formula is C10H18O2. The van der Waals surface area contributed by atoms with Gasteiger partial charge in [0.15, 0.2) is 0 Å². The lowest BCUT2D eigenvalue weighted by Gasteiger charge is -2.24. The zero-order valence-corrected chi connectivity index (χ0v) is 8.01. The van der Waals surface area contributed by atoms with E-state index in [2.05, 4.69) is 0 Å². The molecule has 12 heavy (non-hydrogen) atoms. The van der Waals surface area contributed by atoms with E-state index in [4.69, 9.17) is 0 Å². The molecule has 0 unspecified atom stereocenters. The van der Waals surface area contributed by atoms with Crippen molar-refractivity contribution in [2.75, 3.05) is 0 Å².